The average Bonchev–Trinajstić information content (AvgIpc) is 2.40. The van der Waals surface area contributed by atoms with E-state index < -0.39 is 15.8 Å². The zero-order valence-corrected chi connectivity index (χ0v) is 13.3. The fourth-order valence-electron chi connectivity index (χ4n) is 1.67. The van der Waals surface area contributed by atoms with E-state index in [2.05, 4.69) is 0 Å². The third-order valence-electron chi connectivity index (χ3n) is 2.62. The number of carboxylic acids is 1. The van der Waals surface area contributed by atoms with Gasteiger partial charge in [0.15, 0.2) is 9.84 Å². The summed E-state index contributed by atoms with van der Waals surface area (Å²) in [5.41, 5.74) is -0.155. The summed E-state index contributed by atoms with van der Waals surface area (Å²) >= 11 is 7.27. The summed E-state index contributed by atoms with van der Waals surface area (Å²) in [6, 6.07) is 11.5. The Balaban J connectivity index is 2.62. The lowest BCUT2D eigenvalue weighted by Crippen LogP contribution is -2.04. The predicted octanol–water partition coefficient (Wildman–Crippen LogP) is 3.59. The molecule has 2 rings (SSSR count). The number of hydrogen-bond acceptors (Lipinski definition) is 4. The van der Waals surface area contributed by atoms with Gasteiger partial charge in [-0.2, -0.15) is 0 Å². The summed E-state index contributed by atoms with van der Waals surface area (Å²) in [6.07, 6.45) is 1.03. The van der Waals surface area contributed by atoms with Gasteiger partial charge in [0.25, 0.3) is 0 Å². The van der Waals surface area contributed by atoms with Crippen molar-refractivity contribution >= 4 is 39.2 Å². The molecule has 0 unspecified atom stereocenters. The van der Waals surface area contributed by atoms with Gasteiger partial charge in [0.1, 0.15) is 0 Å². The van der Waals surface area contributed by atoms with Gasteiger partial charge in [-0.05, 0) is 24.3 Å². The highest BCUT2D eigenvalue weighted by Crippen LogP contribution is 2.38. The predicted molar refractivity (Wildman–Crippen MR) is 82.1 cm³/mol. The van der Waals surface area contributed by atoms with E-state index in [1.54, 1.807) is 0 Å². The smallest absolute Gasteiger partial charge is 0.335 e. The van der Waals surface area contributed by atoms with E-state index in [1.165, 1.54) is 17.8 Å². The molecule has 2 aromatic carbocycles. The summed E-state index contributed by atoms with van der Waals surface area (Å²) in [7, 11) is -3.60. The molecule has 4 nitrogen and oxygen atoms in total. The minimum atomic E-state index is -3.60. The van der Waals surface area contributed by atoms with Gasteiger partial charge in [0, 0.05) is 16.0 Å². The molecule has 1 N–H and O–H groups in total. The molecule has 0 spiro atoms. The fraction of sp³-hybridized carbons (Fsp3) is 0.0714. The number of rotatable bonds is 4. The monoisotopic (exact) mass is 342 g/mol. The summed E-state index contributed by atoms with van der Waals surface area (Å²) < 4.78 is 23.8. The van der Waals surface area contributed by atoms with E-state index in [1.807, 2.05) is 30.3 Å². The van der Waals surface area contributed by atoms with Crippen LogP contribution in [0.15, 0.2) is 57.2 Å². The quantitative estimate of drug-likeness (QED) is 0.919. The summed E-state index contributed by atoms with van der Waals surface area (Å²) in [5, 5.41) is 9.12. The van der Waals surface area contributed by atoms with Crippen LogP contribution in [0.4, 0.5) is 0 Å². The molecular weight excluding hydrogens is 332 g/mol. The van der Waals surface area contributed by atoms with Crippen molar-refractivity contribution in [1.82, 2.24) is 0 Å². The number of carbonyl (C=O) groups is 1. The second-order valence-electron chi connectivity index (χ2n) is 4.28. The van der Waals surface area contributed by atoms with Crippen LogP contribution in [0.3, 0.4) is 0 Å². The van der Waals surface area contributed by atoms with Gasteiger partial charge in [0.05, 0.1) is 15.5 Å². The number of benzene rings is 2. The Labute approximate surface area is 131 Å². The minimum absolute atomic E-state index is 0.0822. The largest absolute Gasteiger partial charge is 0.478 e. The van der Waals surface area contributed by atoms with Crippen molar-refractivity contribution in [3.63, 3.8) is 0 Å². The molecule has 0 atom stereocenters. The SMILES string of the molecule is CS(=O)(=O)c1cc(C(=O)O)cc(Cl)c1Sc1ccccc1. The first-order valence-corrected chi connectivity index (χ1v) is 8.87. The maximum atomic E-state index is 11.9. The van der Waals surface area contributed by atoms with Crippen molar-refractivity contribution in [2.24, 2.45) is 0 Å². The van der Waals surface area contributed by atoms with Gasteiger partial charge in [0.2, 0.25) is 0 Å². The minimum Gasteiger partial charge on any atom is -0.478 e. The molecule has 0 bridgehead atoms. The number of sulfone groups is 1. The molecule has 7 heteroatoms. The number of aromatic carboxylic acids is 1. The molecule has 0 aliphatic rings. The molecule has 0 saturated heterocycles. The zero-order chi connectivity index (χ0) is 15.6. The third kappa shape index (κ3) is 3.78. The molecule has 0 amide bonds. The Morgan fingerprint density at radius 2 is 1.81 bits per heavy atom. The number of hydrogen-bond donors (Lipinski definition) is 1. The van der Waals surface area contributed by atoms with Crippen molar-refractivity contribution in [3.05, 3.63) is 53.1 Å². The van der Waals surface area contributed by atoms with Crippen molar-refractivity contribution in [3.8, 4) is 0 Å². The fourth-order valence-corrected chi connectivity index (χ4v) is 4.28. The van der Waals surface area contributed by atoms with E-state index in [-0.39, 0.29) is 15.5 Å². The molecular formula is C14H11ClO4S2. The van der Waals surface area contributed by atoms with Gasteiger partial charge in [-0.25, -0.2) is 13.2 Å². The van der Waals surface area contributed by atoms with Gasteiger partial charge in [-0.15, -0.1) is 0 Å². The topological polar surface area (TPSA) is 71.4 Å². The highest BCUT2D eigenvalue weighted by molar-refractivity contribution is 8.00. The van der Waals surface area contributed by atoms with Gasteiger partial charge in [-0.1, -0.05) is 41.6 Å². The molecule has 0 fully saturated rings. The molecule has 110 valence electrons. The first kappa shape index (κ1) is 15.9. The Hall–Kier alpha value is -1.50. The van der Waals surface area contributed by atoms with Crippen LogP contribution >= 0.6 is 23.4 Å². The van der Waals surface area contributed by atoms with Crippen molar-refractivity contribution < 1.29 is 18.3 Å². The normalized spacial score (nSPS) is 11.3. The zero-order valence-electron chi connectivity index (χ0n) is 10.9. The standard InChI is InChI=1S/C14H11ClO4S2/c1-21(18,19)12-8-9(14(16)17)7-11(15)13(12)20-10-5-3-2-4-6-10/h2-8H,1H3,(H,16,17). The number of carboxylic acid groups (broad SMARTS) is 1. The van der Waals surface area contributed by atoms with Crippen LogP contribution in [0.2, 0.25) is 5.02 Å². The summed E-state index contributed by atoms with van der Waals surface area (Å²) in [6.45, 7) is 0. The van der Waals surface area contributed by atoms with E-state index in [4.69, 9.17) is 16.7 Å². The van der Waals surface area contributed by atoms with Crippen molar-refractivity contribution in [2.75, 3.05) is 6.26 Å². The van der Waals surface area contributed by atoms with Crippen LogP contribution in [-0.2, 0) is 9.84 Å². The van der Waals surface area contributed by atoms with Crippen LogP contribution in [0.5, 0.6) is 0 Å². The van der Waals surface area contributed by atoms with Crippen molar-refractivity contribution in [1.29, 1.82) is 0 Å². The van der Waals surface area contributed by atoms with E-state index in [0.717, 1.165) is 17.2 Å². The van der Waals surface area contributed by atoms with Crippen molar-refractivity contribution in [2.45, 2.75) is 14.7 Å². The Morgan fingerprint density at radius 3 is 2.33 bits per heavy atom. The molecule has 0 aromatic heterocycles. The molecule has 0 aliphatic carbocycles. The molecule has 21 heavy (non-hydrogen) atoms. The highest BCUT2D eigenvalue weighted by Gasteiger charge is 2.21. The first-order valence-electron chi connectivity index (χ1n) is 5.79. The summed E-state index contributed by atoms with van der Waals surface area (Å²) in [5.74, 6) is -1.22. The van der Waals surface area contributed by atoms with Crippen LogP contribution in [-0.4, -0.2) is 25.7 Å². The van der Waals surface area contributed by atoms with Crippen LogP contribution < -0.4 is 0 Å². The highest BCUT2D eigenvalue weighted by atomic mass is 35.5. The van der Waals surface area contributed by atoms with Gasteiger partial charge < -0.3 is 5.11 Å². The molecule has 0 saturated carbocycles. The molecule has 2 aromatic rings. The summed E-state index contributed by atoms with van der Waals surface area (Å²) in [4.78, 5) is 12.1. The molecule has 0 heterocycles. The number of halogens is 1. The van der Waals surface area contributed by atoms with E-state index >= 15 is 0 Å². The lowest BCUT2D eigenvalue weighted by molar-refractivity contribution is 0.0696. The Kier molecular flexibility index (Phi) is 4.61. The van der Waals surface area contributed by atoms with Crippen LogP contribution in [0.25, 0.3) is 0 Å². The van der Waals surface area contributed by atoms with Gasteiger partial charge >= 0.3 is 5.97 Å². The first-order chi connectivity index (χ1) is 9.79. The van der Waals surface area contributed by atoms with Crippen LogP contribution in [0, 0.1) is 0 Å². The average molecular weight is 343 g/mol. The molecule has 0 aliphatic heterocycles. The Bertz CT molecular complexity index is 786. The van der Waals surface area contributed by atoms with E-state index in [9.17, 15) is 13.2 Å². The second-order valence-corrected chi connectivity index (χ2v) is 7.75. The van der Waals surface area contributed by atoms with Crippen LogP contribution in [0.1, 0.15) is 10.4 Å². The third-order valence-corrected chi connectivity index (χ3v) is 5.43. The lowest BCUT2D eigenvalue weighted by Gasteiger charge is -2.11. The Morgan fingerprint density at radius 1 is 1.19 bits per heavy atom. The maximum Gasteiger partial charge on any atom is 0.335 e. The maximum absolute atomic E-state index is 11.9. The molecule has 0 radical (unpaired) electrons. The lowest BCUT2D eigenvalue weighted by atomic mass is 10.2. The van der Waals surface area contributed by atoms with E-state index in [0.29, 0.717) is 4.90 Å². The van der Waals surface area contributed by atoms with Gasteiger partial charge in [-0.3, -0.25) is 0 Å². The second kappa shape index (κ2) is 6.09.